The van der Waals surface area contributed by atoms with Gasteiger partial charge in [0.15, 0.2) is 12.4 Å². The minimum atomic E-state index is -0.946. The van der Waals surface area contributed by atoms with Crippen LogP contribution in [0.3, 0.4) is 0 Å². The number of aliphatic carboxylic acids is 2. The minimum Gasteiger partial charge on any atom is -0.481 e. The Kier molecular flexibility index (Phi) is 7.53. The molecule has 7 heteroatoms. The highest BCUT2D eigenvalue weighted by Crippen LogP contribution is 2.77. The molecule has 0 aromatic heterocycles. The van der Waals surface area contributed by atoms with E-state index in [-0.39, 0.29) is 39.6 Å². The highest BCUT2D eigenvalue weighted by atomic mass is 16.7. The molecule has 1 saturated heterocycles. The molecule has 0 bridgehead atoms. The number of ether oxygens (including phenoxy) is 2. The van der Waals surface area contributed by atoms with E-state index in [2.05, 4.69) is 41.5 Å². The molecule has 6 rings (SSSR count). The third kappa shape index (κ3) is 4.43. The van der Waals surface area contributed by atoms with Crippen LogP contribution in [0.25, 0.3) is 0 Å². The van der Waals surface area contributed by atoms with Crippen molar-refractivity contribution in [1.29, 1.82) is 0 Å². The van der Waals surface area contributed by atoms with Crippen LogP contribution in [0.2, 0.25) is 0 Å². The summed E-state index contributed by atoms with van der Waals surface area (Å²) in [5.74, 6) is -0.209. The maximum atomic E-state index is 13.1. The Morgan fingerprint density at radius 3 is 2.16 bits per heavy atom. The fourth-order valence-electron chi connectivity index (χ4n) is 12.8. The molecular formula is C36H56O7. The first kappa shape index (κ1) is 31.5. The Hall–Kier alpha value is -1.47. The molecular weight excluding hydrogens is 544 g/mol. The quantitative estimate of drug-likeness (QED) is 0.248. The van der Waals surface area contributed by atoms with Crippen molar-refractivity contribution in [1.82, 2.24) is 0 Å². The Balaban J connectivity index is 1.28. The lowest BCUT2D eigenvalue weighted by atomic mass is 9.31. The minimum absolute atomic E-state index is 0.0132. The number of carbonyl (C=O) groups excluding carboxylic acids is 1. The van der Waals surface area contributed by atoms with Crippen LogP contribution in [-0.2, 0) is 23.9 Å². The molecule has 242 valence electrons. The van der Waals surface area contributed by atoms with Crippen LogP contribution in [-0.4, -0.2) is 46.9 Å². The normalized spacial score (nSPS) is 52.5. The van der Waals surface area contributed by atoms with Crippen molar-refractivity contribution < 1.29 is 34.1 Å². The predicted molar refractivity (Wildman–Crippen MR) is 162 cm³/mol. The largest absolute Gasteiger partial charge is 0.481 e. The summed E-state index contributed by atoms with van der Waals surface area (Å²) in [5.41, 5.74) is -0.902. The van der Waals surface area contributed by atoms with Gasteiger partial charge in [-0.05, 0) is 135 Å². The van der Waals surface area contributed by atoms with Gasteiger partial charge in [-0.15, -0.1) is 0 Å². The maximum Gasteiger partial charge on any atom is 0.332 e. The van der Waals surface area contributed by atoms with Gasteiger partial charge in [0.05, 0.1) is 16.9 Å². The molecule has 6 aliphatic rings. The molecule has 2 N–H and O–H groups in total. The number of carboxylic acids is 2. The third-order valence-corrected chi connectivity index (χ3v) is 15.4. The summed E-state index contributed by atoms with van der Waals surface area (Å²) < 4.78 is 12.3. The van der Waals surface area contributed by atoms with Crippen molar-refractivity contribution >= 4 is 18.2 Å². The van der Waals surface area contributed by atoms with E-state index in [1.165, 1.54) is 0 Å². The number of carboxylic acid groups (broad SMARTS) is 2. The average molecular weight is 601 g/mol. The Labute approximate surface area is 258 Å². The Morgan fingerprint density at radius 1 is 0.767 bits per heavy atom. The highest BCUT2D eigenvalue weighted by molar-refractivity contribution is 5.75. The van der Waals surface area contributed by atoms with E-state index in [1.54, 1.807) is 0 Å². The lowest BCUT2D eigenvalue weighted by Gasteiger charge is -2.73. The summed E-state index contributed by atoms with van der Waals surface area (Å²) in [5, 5.41) is 20.1. The monoisotopic (exact) mass is 600 g/mol. The van der Waals surface area contributed by atoms with Crippen LogP contribution < -0.4 is 0 Å². The molecule has 12 atom stereocenters. The third-order valence-electron chi connectivity index (χ3n) is 15.4. The van der Waals surface area contributed by atoms with Gasteiger partial charge >= 0.3 is 11.9 Å². The van der Waals surface area contributed by atoms with E-state index in [9.17, 15) is 24.6 Å². The SMILES string of the molecule is CC1(C)CCC2(C(=O)O)CCC3(C)C(CCC4C5(C)CCC(OC6CCCC(C(=O)O)O6)C(C)(C=O)C5CCC43C)C2C1. The summed E-state index contributed by atoms with van der Waals surface area (Å²) in [6.45, 7) is 14.3. The zero-order chi connectivity index (χ0) is 31.2. The molecule has 12 unspecified atom stereocenters. The number of carbonyl (C=O) groups is 3. The van der Waals surface area contributed by atoms with Crippen molar-refractivity contribution in [2.45, 2.75) is 150 Å². The summed E-state index contributed by atoms with van der Waals surface area (Å²) in [7, 11) is 0. The topological polar surface area (TPSA) is 110 Å². The molecule has 0 spiro atoms. The van der Waals surface area contributed by atoms with E-state index in [0.717, 1.165) is 83.3 Å². The van der Waals surface area contributed by atoms with Gasteiger partial charge in [-0.1, -0.05) is 41.5 Å². The summed E-state index contributed by atoms with van der Waals surface area (Å²) in [4.78, 5) is 37.6. The van der Waals surface area contributed by atoms with Gasteiger partial charge in [-0.2, -0.15) is 0 Å². The number of fused-ring (bicyclic) bond motifs is 7. The first-order valence-corrected chi connectivity index (χ1v) is 17.3. The lowest BCUT2D eigenvalue weighted by molar-refractivity contribution is -0.278. The highest BCUT2D eigenvalue weighted by Gasteiger charge is 2.71. The second-order valence-corrected chi connectivity index (χ2v) is 17.6. The van der Waals surface area contributed by atoms with E-state index >= 15 is 0 Å². The van der Waals surface area contributed by atoms with Gasteiger partial charge in [0.25, 0.3) is 0 Å². The van der Waals surface area contributed by atoms with Crippen LogP contribution in [0.1, 0.15) is 131 Å². The van der Waals surface area contributed by atoms with Gasteiger partial charge in [-0.25, -0.2) is 4.79 Å². The zero-order valence-electron chi connectivity index (χ0n) is 27.5. The van der Waals surface area contributed by atoms with E-state index < -0.39 is 35.2 Å². The van der Waals surface area contributed by atoms with Gasteiger partial charge in [0.2, 0.25) is 0 Å². The van der Waals surface area contributed by atoms with Gasteiger partial charge < -0.3 is 24.5 Å². The molecule has 0 aromatic rings. The van der Waals surface area contributed by atoms with E-state index in [0.29, 0.717) is 24.7 Å². The van der Waals surface area contributed by atoms with Gasteiger partial charge in [0.1, 0.15) is 6.29 Å². The van der Waals surface area contributed by atoms with Crippen molar-refractivity contribution in [2.75, 3.05) is 0 Å². The lowest BCUT2D eigenvalue weighted by Crippen LogP contribution is -2.68. The number of hydrogen-bond donors (Lipinski definition) is 2. The van der Waals surface area contributed by atoms with Crippen LogP contribution >= 0.6 is 0 Å². The summed E-state index contributed by atoms with van der Waals surface area (Å²) in [6, 6.07) is 0. The second kappa shape index (κ2) is 10.3. The fraction of sp³-hybridized carbons (Fsp3) is 0.917. The first-order chi connectivity index (χ1) is 20.1. The number of hydrogen-bond acceptors (Lipinski definition) is 5. The molecule has 43 heavy (non-hydrogen) atoms. The van der Waals surface area contributed by atoms with E-state index in [4.69, 9.17) is 9.47 Å². The zero-order valence-corrected chi connectivity index (χ0v) is 27.5. The summed E-state index contributed by atoms with van der Waals surface area (Å²) in [6.07, 6.45) is 11.9. The van der Waals surface area contributed by atoms with Crippen molar-refractivity contribution in [2.24, 2.45) is 56.2 Å². The molecule has 0 amide bonds. The summed E-state index contributed by atoms with van der Waals surface area (Å²) >= 11 is 0. The van der Waals surface area contributed by atoms with Crippen LogP contribution in [0, 0.1) is 56.2 Å². The van der Waals surface area contributed by atoms with Gasteiger partial charge in [-0.3, -0.25) is 4.79 Å². The number of rotatable bonds is 5. The Morgan fingerprint density at radius 2 is 1.49 bits per heavy atom. The van der Waals surface area contributed by atoms with Crippen molar-refractivity contribution in [3.8, 4) is 0 Å². The fourth-order valence-corrected chi connectivity index (χ4v) is 12.8. The van der Waals surface area contributed by atoms with Crippen LogP contribution in [0.4, 0.5) is 0 Å². The van der Waals surface area contributed by atoms with E-state index in [1.807, 2.05) is 0 Å². The first-order valence-electron chi connectivity index (χ1n) is 17.3. The molecule has 5 aliphatic carbocycles. The molecule has 0 aromatic carbocycles. The predicted octanol–water partition coefficient (Wildman–Crippen LogP) is 7.50. The molecule has 0 radical (unpaired) electrons. The Bertz CT molecular complexity index is 1150. The standard InChI is InChI=1S/C36H56O7/c1-31(2)16-18-36(30(40)41)19-17-34(5)22(23(36)20-31)10-11-26-32(3)14-13-27(43-28-9-7-8-24(42-28)29(38)39)33(4,21-37)25(32)12-15-35(26,34)6/h21-28H,7-20H2,1-6H3,(H,38,39)(H,40,41). The maximum absolute atomic E-state index is 13.1. The second-order valence-electron chi connectivity index (χ2n) is 17.6. The van der Waals surface area contributed by atoms with Crippen molar-refractivity contribution in [3.05, 3.63) is 0 Å². The van der Waals surface area contributed by atoms with Crippen molar-refractivity contribution in [3.63, 3.8) is 0 Å². The molecule has 5 saturated carbocycles. The number of aldehydes is 1. The van der Waals surface area contributed by atoms with Crippen LogP contribution in [0.15, 0.2) is 0 Å². The van der Waals surface area contributed by atoms with Crippen LogP contribution in [0.5, 0.6) is 0 Å². The molecule has 6 fully saturated rings. The average Bonchev–Trinajstić information content (AvgIpc) is 2.94. The molecule has 1 aliphatic heterocycles. The smallest absolute Gasteiger partial charge is 0.332 e. The molecule has 1 heterocycles. The van der Waals surface area contributed by atoms with Gasteiger partial charge in [0, 0.05) is 0 Å². The molecule has 7 nitrogen and oxygen atoms in total.